The van der Waals surface area contributed by atoms with Gasteiger partial charge in [0.15, 0.2) is 0 Å². The van der Waals surface area contributed by atoms with E-state index in [0.29, 0.717) is 11.5 Å². The average molecular weight is 378 g/mol. The molecule has 0 radical (unpaired) electrons. The molecule has 1 amide bonds. The number of thiophene rings is 1. The number of aryl methyl sites for hydroxylation is 3. The maximum absolute atomic E-state index is 12.6. The van der Waals surface area contributed by atoms with Crippen molar-refractivity contribution in [2.45, 2.75) is 39.7 Å². The second-order valence-electron chi connectivity index (χ2n) is 7.09. The van der Waals surface area contributed by atoms with Gasteiger partial charge in [0.1, 0.15) is 12.4 Å². The van der Waals surface area contributed by atoms with Crippen molar-refractivity contribution < 1.29 is 9.53 Å². The zero-order chi connectivity index (χ0) is 18.8. The summed E-state index contributed by atoms with van der Waals surface area (Å²) in [6.07, 6.45) is 3.56. The average Bonchev–Trinajstić information content (AvgIpc) is 3.32. The first-order valence-corrected chi connectivity index (χ1v) is 10.2. The van der Waals surface area contributed by atoms with Crippen molar-refractivity contribution in [2.24, 2.45) is 0 Å². The standard InChI is InChI=1S/C23H23NO2S/c1-15-5-3-8-21(16(15)2)24-23(25)22-11-17(14-27-22)13-26-20-10-9-18-6-4-7-19(18)12-20/h3,5,8-12,14H,4,6-7,13H2,1-2H3,(H,24,25). The Kier molecular flexibility index (Phi) is 4.99. The van der Waals surface area contributed by atoms with Crippen LogP contribution in [0.1, 0.15) is 43.9 Å². The summed E-state index contributed by atoms with van der Waals surface area (Å²) in [5, 5.41) is 5.00. The van der Waals surface area contributed by atoms with E-state index in [1.54, 1.807) is 0 Å². The maximum Gasteiger partial charge on any atom is 0.265 e. The van der Waals surface area contributed by atoms with E-state index in [0.717, 1.165) is 29.0 Å². The summed E-state index contributed by atoms with van der Waals surface area (Å²) < 4.78 is 5.94. The lowest BCUT2D eigenvalue weighted by molar-refractivity contribution is 0.103. The van der Waals surface area contributed by atoms with Crippen LogP contribution < -0.4 is 10.1 Å². The summed E-state index contributed by atoms with van der Waals surface area (Å²) in [7, 11) is 0. The number of fused-ring (bicyclic) bond motifs is 1. The minimum Gasteiger partial charge on any atom is -0.489 e. The quantitative estimate of drug-likeness (QED) is 0.621. The Morgan fingerprint density at radius 3 is 2.85 bits per heavy atom. The van der Waals surface area contributed by atoms with E-state index in [1.165, 1.54) is 40.9 Å². The van der Waals surface area contributed by atoms with E-state index in [1.807, 2.05) is 49.6 Å². The third kappa shape index (κ3) is 3.91. The number of benzene rings is 2. The summed E-state index contributed by atoms with van der Waals surface area (Å²) in [6, 6.07) is 14.2. The highest BCUT2D eigenvalue weighted by atomic mass is 32.1. The molecule has 0 saturated carbocycles. The number of amides is 1. The summed E-state index contributed by atoms with van der Waals surface area (Å²) >= 11 is 1.45. The van der Waals surface area contributed by atoms with Gasteiger partial charge in [-0.25, -0.2) is 0 Å². The molecule has 0 saturated heterocycles. The molecule has 27 heavy (non-hydrogen) atoms. The SMILES string of the molecule is Cc1cccc(NC(=O)c2cc(COc3ccc4c(c3)CCC4)cs2)c1C. The van der Waals surface area contributed by atoms with Crippen LogP contribution >= 0.6 is 11.3 Å². The molecule has 1 aromatic heterocycles. The Balaban J connectivity index is 1.39. The second kappa shape index (κ2) is 7.57. The molecule has 0 spiro atoms. The van der Waals surface area contributed by atoms with E-state index >= 15 is 0 Å². The van der Waals surface area contributed by atoms with Gasteiger partial charge in [-0.2, -0.15) is 0 Å². The van der Waals surface area contributed by atoms with Gasteiger partial charge >= 0.3 is 0 Å². The lowest BCUT2D eigenvalue weighted by Crippen LogP contribution is -2.11. The molecule has 2 aromatic carbocycles. The molecule has 1 heterocycles. The molecule has 3 nitrogen and oxygen atoms in total. The highest BCUT2D eigenvalue weighted by Crippen LogP contribution is 2.27. The van der Waals surface area contributed by atoms with Crippen LogP contribution in [0.5, 0.6) is 5.75 Å². The molecule has 4 rings (SSSR count). The fraction of sp³-hybridized carbons (Fsp3) is 0.261. The Labute approximate surface area is 164 Å². The van der Waals surface area contributed by atoms with Gasteiger partial charge in [0, 0.05) is 11.3 Å². The lowest BCUT2D eigenvalue weighted by Gasteiger charge is -2.09. The summed E-state index contributed by atoms with van der Waals surface area (Å²) in [4.78, 5) is 13.2. The van der Waals surface area contributed by atoms with Crippen molar-refractivity contribution in [3.63, 3.8) is 0 Å². The van der Waals surface area contributed by atoms with Gasteiger partial charge in [0.05, 0.1) is 4.88 Å². The van der Waals surface area contributed by atoms with Crippen LogP contribution in [0.3, 0.4) is 0 Å². The Hall–Kier alpha value is -2.59. The minimum absolute atomic E-state index is 0.0718. The van der Waals surface area contributed by atoms with Crippen LogP contribution in [0.15, 0.2) is 47.8 Å². The smallest absolute Gasteiger partial charge is 0.265 e. The first-order chi connectivity index (χ1) is 13.1. The van der Waals surface area contributed by atoms with Crippen molar-refractivity contribution in [1.82, 2.24) is 0 Å². The van der Waals surface area contributed by atoms with Crippen LogP contribution in [0.4, 0.5) is 5.69 Å². The molecule has 0 aliphatic heterocycles. The second-order valence-corrected chi connectivity index (χ2v) is 8.00. The van der Waals surface area contributed by atoms with Gasteiger partial charge < -0.3 is 10.1 Å². The van der Waals surface area contributed by atoms with Crippen LogP contribution in [-0.4, -0.2) is 5.91 Å². The third-order valence-electron chi connectivity index (χ3n) is 5.21. The van der Waals surface area contributed by atoms with Crippen molar-refractivity contribution in [1.29, 1.82) is 0 Å². The molecule has 1 aliphatic carbocycles. The van der Waals surface area contributed by atoms with Crippen molar-refractivity contribution in [2.75, 3.05) is 5.32 Å². The lowest BCUT2D eigenvalue weighted by atomic mass is 10.1. The monoisotopic (exact) mass is 377 g/mol. The van der Waals surface area contributed by atoms with Gasteiger partial charge in [-0.05, 0) is 85.0 Å². The van der Waals surface area contributed by atoms with E-state index in [-0.39, 0.29) is 5.91 Å². The number of hydrogen-bond donors (Lipinski definition) is 1. The van der Waals surface area contributed by atoms with Gasteiger partial charge in [-0.3, -0.25) is 4.79 Å². The highest BCUT2D eigenvalue weighted by molar-refractivity contribution is 7.12. The number of ether oxygens (including phenoxy) is 1. The van der Waals surface area contributed by atoms with E-state index in [9.17, 15) is 4.79 Å². The van der Waals surface area contributed by atoms with E-state index < -0.39 is 0 Å². The van der Waals surface area contributed by atoms with E-state index in [4.69, 9.17) is 4.74 Å². The molecule has 0 fully saturated rings. The Bertz CT molecular complexity index is 990. The fourth-order valence-corrected chi connectivity index (χ4v) is 4.24. The Morgan fingerprint density at radius 1 is 1.11 bits per heavy atom. The topological polar surface area (TPSA) is 38.3 Å². The molecule has 0 bridgehead atoms. The van der Waals surface area contributed by atoms with E-state index in [2.05, 4.69) is 17.4 Å². The third-order valence-corrected chi connectivity index (χ3v) is 6.18. The summed E-state index contributed by atoms with van der Waals surface area (Å²) in [5.74, 6) is 0.834. The predicted octanol–water partition coefficient (Wildman–Crippen LogP) is 5.68. The molecule has 138 valence electrons. The fourth-order valence-electron chi connectivity index (χ4n) is 3.45. The van der Waals surface area contributed by atoms with Gasteiger partial charge in [0.25, 0.3) is 5.91 Å². The first kappa shape index (κ1) is 17.8. The van der Waals surface area contributed by atoms with Gasteiger partial charge in [-0.15, -0.1) is 11.3 Å². The number of nitrogens with one attached hydrogen (secondary N) is 1. The van der Waals surface area contributed by atoms with Crippen LogP contribution in [0.25, 0.3) is 0 Å². The summed E-state index contributed by atoms with van der Waals surface area (Å²) in [6.45, 7) is 4.55. The van der Waals surface area contributed by atoms with Crippen LogP contribution in [0.2, 0.25) is 0 Å². The van der Waals surface area contributed by atoms with Crippen molar-refractivity contribution >= 4 is 22.9 Å². The van der Waals surface area contributed by atoms with Crippen LogP contribution in [-0.2, 0) is 19.4 Å². The van der Waals surface area contributed by atoms with Crippen LogP contribution in [0, 0.1) is 13.8 Å². The van der Waals surface area contributed by atoms with Gasteiger partial charge in [-0.1, -0.05) is 18.2 Å². The molecule has 4 heteroatoms. The number of carbonyl (C=O) groups excluding carboxylic acids is 1. The molecule has 3 aromatic rings. The molecular weight excluding hydrogens is 354 g/mol. The maximum atomic E-state index is 12.6. The first-order valence-electron chi connectivity index (χ1n) is 9.30. The molecule has 1 N–H and O–H groups in total. The normalized spacial score (nSPS) is 12.7. The van der Waals surface area contributed by atoms with Crippen molar-refractivity contribution in [3.8, 4) is 5.75 Å². The number of rotatable bonds is 5. The number of carbonyl (C=O) groups is 1. The highest BCUT2D eigenvalue weighted by Gasteiger charge is 2.13. The van der Waals surface area contributed by atoms with Gasteiger partial charge in [0.2, 0.25) is 0 Å². The molecule has 1 aliphatic rings. The molecule has 0 unspecified atom stereocenters. The zero-order valence-electron chi connectivity index (χ0n) is 15.7. The minimum atomic E-state index is -0.0718. The predicted molar refractivity (Wildman–Crippen MR) is 111 cm³/mol. The number of hydrogen-bond acceptors (Lipinski definition) is 3. The van der Waals surface area contributed by atoms with Crippen molar-refractivity contribution in [3.05, 3.63) is 80.5 Å². The number of anilines is 1. The molecular formula is C23H23NO2S. The summed E-state index contributed by atoms with van der Waals surface area (Å²) in [5.41, 5.74) is 7.01. The Morgan fingerprint density at radius 2 is 1.96 bits per heavy atom. The zero-order valence-corrected chi connectivity index (χ0v) is 16.5. The molecule has 0 atom stereocenters. The largest absolute Gasteiger partial charge is 0.489 e.